The number of carbonyl (C=O) groups excluding carboxylic acids is 2. The fraction of sp³-hybridized carbons (Fsp3) is 0.950. The molecule has 8 fully saturated rings. The highest BCUT2D eigenvalue weighted by molar-refractivity contribution is 5.77. The smallest absolute Gasteiger partial charge is 0.223 e. The van der Waals surface area contributed by atoms with Crippen molar-refractivity contribution < 1.29 is 28.9 Å². The fourth-order valence-electron chi connectivity index (χ4n) is 14.1. The Labute approximate surface area is 289 Å². The molecule has 2 aliphatic heterocycles. The lowest BCUT2D eigenvalue weighted by atomic mass is 9.41. The van der Waals surface area contributed by atoms with Crippen molar-refractivity contribution in [2.75, 3.05) is 33.8 Å². The maximum absolute atomic E-state index is 12.9. The fourth-order valence-corrected chi connectivity index (χ4v) is 14.1. The van der Waals surface area contributed by atoms with Gasteiger partial charge in [0.15, 0.2) is 6.29 Å². The van der Waals surface area contributed by atoms with Crippen LogP contribution in [0.4, 0.5) is 0 Å². The van der Waals surface area contributed by atoms with E-state index in [4.69, 9.17) is 14.2 Å². The number of hydrogen-bond acceptors (Lipinski definition) is 6. The van der Waals surface area contributed by atoms with Crippen molar-refractivity contribution >= 4 is 11.8 Å². The average molecular weight is 669 g/mol. The molecule has 8 aliphatic rings. The second kappa shape index (κ2) is 11.4. The molecule has 0 aromatic carbocycles. The maximum atomic E-state index is 12.9. The molecule has 48 heavy (non-hydrogen) atoms. The van der Waals surface area contributed by atoms with Crippen LogP contribution in [0.3, 0.4) is 0 Å². The predicted molar refractivity (Wildman–Crippen MR) is 183 cm³/mol. The number of fused-ring (bicyclic) bond motifs is 4. The topological polar surface area (TPSA) is 88.5 Å². The molecule has 2 saturated heterocycles. The number of rotatable bonds is 7. The molecule has 0 aromatic rings. The van der Waals surface area contributed by atoms with E-state index in [-0.39, 0.29) is 52.7 Å². The van der Waals surface area contributed by atoms with Gasteiger partial charge in [-0.05, 0) is 122 Å². The lowest BCUT2D eigenvalue weighted by Crippen LogP contribution is -2.60. The van der Waals surface area contributed by atoms with E-state index in [2.05, 4.69) is 34.6 Å². The Balaban J connectivity index is 0.981. The lowest BCUT2D eigenvalue weighted by molar-refractivity contribution is -0.248. The molecule has 8 rings (SSSR count). The molecule has 6 aliphatic carbocycles. The molecule has 2 spiro atoms. The molecular formula is C40H64N2O6. The molecule has 270 valence electrons. The quantitative estimate of drug-likeness (QED) is 0.356. The summed E-state index contributed by atoms with van der Waals surface area (Å²) < 4.78 is 19.9. The molecule has 0 aromatic heterocycles. The van der Waals surface area contributed by atoms with E-state index in [1.54, 1.807) is 4.90 Å². The summed E-state index contributed by atoms with van der Waals surface area (Å²) in [6, 6.07) is 0. The van der Waals surface area contributed by atoms with Crippen LogP contribution in [-0.2, 0) is 23.8 Å². The molecule has 8 heteroatoms. The predicted octanol–water partition coefficient (Wildman–Crippen LogP) is 6.04. The lowest BCUT2D eigenvalue weighted by Gasteiger charge is -2.64. The SMILES string of the molecule is C[C@@H]1CC(CCC(=O)N(C)C)OC2[C@H]1[C@@]1(C)CC[C@@]34C[C@@]35CCC(O[C@H]3CN(C(=O)CC6CC6)CCO3)C(C)(C)[C@@H]5CCC4[C@]1(C)[C@H]2O. The summed E-state index contributed by atoms with van der Waals surface area (Å²) in [7, 11) is 3.65. The van der Waals surface area contributed by atoms with Crippen molar-refractivity contribution in [1.29, 1.82) is 0 Å². The summed E-state index contributed by atoms with van der Waals surface area (Å²) in [5, 5.41) is 12.5. The van der Waals surface area contributed by atoms with E-state index in [0.717, 1.165) is 19.3 Å². The average Bonchev–Trinajstić information content (AvgIpc) is 3.96. The Kier molecular flexibility index (Phi) is 8.04. The highest BCUT2D eigenvalue weighted by Gasteiger charge is 2.84. The molecule has 2 amide bonds. The minimum absolute atomic E-state index is 0.0230. The zero-order valence-corrected chi connectivity index (χ0v) is 31.0. The third kappa shape index (κ3) is 4.72. The van der Waals surface area contributed by atoms with Crippen molar-refractivity contribution in [3.05, 3.63) is 0 Å². The van der Waals surface area contributed by atoms with Gasteiger partial charge in [0, 0.05) is 38.9 Å². The van der Waals surface area contributed by atoms with Crippen LogP contribution in [-0.4, -0.2) is 91.2 Å². The first-order chi connectivity index (χ1) is 22.7. The number of morpholine rings is 1. The summed E-state index contributed by atoms with van der Waals surface area (Å²) in [4.78, 5) is 29.0. The van der Waals surface area contributed by atoms with E-state index < -0.39 is 6.10 Å². The first-order valence-electron chi connectivity index (χ1n) is 19.8. The van der Waals surface area contributed by atoms with Crippen LogP contribution >= 0.6 is 0 Å². The van der Waals surface area contributed by atoms with Gasteiger partial charge in [-0.1, -0.05) is 34.6 Å². The second-order valence-corrected chi connectivity index (χ2v) is 19.4. The summed E-state index contributed by atoms with van der Waals surface area (Å²) >= 11 is 0. The number of ether oxygens (including phenoxy) is 3. The number of amides is 2. The van der Waals surface area contributed by atoms with Crippen LogP contribution in [0, 0.1) is 56.7 Å². The highest BCUT2D eigenvalue weighted by atomic mass is 16.7. The van der Waals surface area contributed by atoms with E-state index in [9.17, 15) is 14.7 Å². The third-order valence-corrected chi connectivity index (χ3v) is 16.9. The van der Waals surface area contributed by atoms with Gasteiger partial charge in [0.2, 0.25) is 11.8 Å². The van der Waals surface area contributed by atoms with Gasteiger partial charge in [0.05, 0.1) is 37.6 Å². The van der Waals surface area contributed by atoms with Gasteiger partial charge >= 0.3 is 0 Å². The molecule has 0 radical (unpaired) electrons. The number of hydrogen-bond donors (Lipinski definition) is 1. The maximum Gasteiger partial charge on any atom is 0.223 e. The zero-order valence-electron chi connectivity index (χ0n) is 31.0. The summed E-state index contributed by atoms with van der Waals surface area (Å²) in [5.41, 5.74) is 0.522. The molecular weight excluding hydrogens is 604 g/mol. The van der Waals surface area contributed by atoms with Gasteiger partial charge < -0.3 is 29.1 Å². The molecule has 13 atom stereocenters. The number of aliphatic hydroxyl groups excluding tert-OH is 1. The molecule has 6 saturated carbocycles. The van der Waals surface area contributed by atoms with E-state index in [0.29, 0.717) is 73.0 Å². The van der Waals surface area contributed by atoms with Gasteiger partial charge in [-0.3, -0.25) is 9.59 Å². The Morgan fingerprint density at radius 3 is 2.44 bits per heavy atom. The summed E-state index contributed by atoms with van der Waals surface area (Å²) in [6.07, 6.45) is 12.9. The number of aliphatic hydroxyl groups is 1. The first-order valence-corrected chi connectivity index (χ1v) is 19.8. The first kappa shape index (κ1) is 33.9. The van der Waals surface area contributed by atoms with Crippen LogP contribution in [0.2, 0.25) is 0 Å². The normalized spacial score (nSPS) is 50.3. The Hall–Kier alpha value is -1.22. The van der Waals surface area contributed by atoms with E-state index in [1.807, 2.05) is 19.0 Å². The third-order valence-electron chi connectivity index (χ3n) is 16.9. The number of carbonyl (C=O) groups is 2. The molecule has 1 N–H and O–H groups in total. The minimum Gasteiger partial charge on any atom is -0.390 e. The Bertz CT molecular complexity index is 1300. The minimum atomic E-state index is -0.472. The van der Waals surface area contributed by atoms with Crippen LogP contribution < -0.4 is 0 Å². The van der Waals surface area contributed by atoms with Crippen molar-refractivity contribution in [3.63, 3.8) is 0 Å². The van der Waals surface area contributed by atoms with Gasteiger partial charge in [0.25, 0.3) is 0 Å². The Morgan fingerprint density at radius 1 is 0.979 bits per heavy atom. The van der Waals surface area contributed by atoms with Crippen molar-refractivity contribution in [1.82, 2.24) is 9.80 Å². The summed E-state index contributed by atoms with van der Waals surface area (Å²) in [5.74, 6) is 2.95. The van der Waals surface area contributed by atoms with Gasteiger partial charge in [-0.25, -0.2) is 0 Å². The summed E-state index contributed by atoms with van der Waals surface area (Å²) in [6.45, 7) is 14.1. The van der Waals surface area contributed by atoms with Crippen LogP contribution in [0.5, 0.6) is 0 Å². The van der Waals surface area contributed by atoms with Crippen molar-refractivity contribution in [2.24, 2.45) is 56.7 Å². The van der Waals surface area contributed by atoms with Crippen molar-refractivity contribution in [3.8, 4) is 0 Å². The largest absolute Gasteiger partial charge is 0.390 e. The molecule has 8 nitrogen and oxygen atoms in total. The highest BCUT2D eigenvalue weighted by Crippen LogP contribution is 2.89. The van der Waals surface area contributed by atoms with Crippen molar-refractivity contribution in [2.45, 2.75) is 149 Å². The molecule has 0 bridgehead atoms. The van der Waals surface area contributed by atoms with E-state index in [1.165, 1.54) is 51.4 Å². The Morgan fingerprint density at radius 2 is 1.71 bits per heavy atom. The molecule has 4 unspecified atom stereocenters. The van der Waals surface area contributed by atoms with Gasteiger partial charge in [0.1, 0.15) is 0 Å². The van der Waals surface area contributed by atoms with E-state index >= 15 is 0 Å². The standard InChI is InChI=1S/C40H64N2O6/c1-24-20-26(10-13-30(43)41(6)7)47-34-33(24)37(4)16-17-40-23-39(40)15-14-29(36(2,3)27(39)11-12-28(40)38(37,5)35(34)45)48-32-22-42(18-19-46-32)31(44)21-25-8-9-25/h24-29,32-35,45H,8-23H2,1-7H3/t24-,26?,27+,28?,29?,32+,33+,34?,35+,37-,38-,39-,40+/m1/s1. The van der Waals surface area contributed by atoms with Crippen LogP contribution in [0.25, 0.3) is 0 Å². The number of nitrogens with zero attached hydrogens (tertiary/aromatic N) is 2. The monoisotopic (exact) mass is 668 g/mol. The second-order valence-electron chi connectivity index (χ2n) is 19.4. The van der Waals surface area contributed by atoms with Gasteiger partial charge in [-0.2, -0.15) is 0 Å². The van der Waals surface area contributed by atoms with Gasteiger partial charge in [-0.15, -0.1) is 0 Å². The zero-order chi connectivity index (χ0) is 34.0. The van der Waals surface area contributed by atoms with Crippen LogP contribution in [0.15, 0.2) is 0 Å². The molecule has 2 heterocycles. The van der Waals surface area contributed by atoms with Crippen LogP contribution in [0.1, 0.15) is 118 Å².